The Kier molecular flexibility index (Phi) is 3.50. The Labute approximate surface area is 143 Å². The number of fused-ring (bicyclic) bond motifs is 3. The summed E-state index contributed by atoms with van der Waals surface area (Å²) in [6, 6.07) is 14.6. The number of aromatic nitrogens is 1. The van der Waals surface area contributed by atoms with Crippen LogP contribution in [-0.2, 0) is 6.61 Å². The minimum atomic E-state index is -0.273. The van der Waals surface area contributed by atoms with E-state index in [1.54, 1.807) is 25.2 Å². The quantitative estimate of drug-likeness (QED) is 0.702. The molecule has 1 aliphatic rings. The van der Waals surface area contributed by atoms with Gasteiger partial charge in [-0.25, -0.2) is 0 Å². The van der Waals surface area contributed by atoms with Gasteiger partial charge in [-0.3, -0.25) is 4.79 Å². The molecule has 0 atom stereocenters. The zero-order valence-corrected chi connectivity index (χ0v) is 13.6. The van der Waals surface area contributed by atoms with E-state index in [2.05, 4.69) is 5.16 Å². The summed E-state index contributed by atoms with van der Waals surface area (Å²) >= 11 is 6.00. The molecule has 120 valence electrons. The fourth-order valence-corrected chi connectivity index (χ4v) is 2.90. The van der Waals surface area contributed by atoms with Crippen molar-refractivity contribution >= 4 is 23.2 Å². The standard InChI is InChI=1S/C18H13ClN2O3/c1-21(12-6-4-5-11(19)9-12)18(22)16-14-10-23-15-8-3-2-7-13(15)17(14)24-20-16/h2-9H,10H2,1H3. The maximum Gasteiger partial charge on any atom is 0.280 e. The molecular weight excluding hydrogens is 328 g/mol. The number of hydrogen-bond acceptors (Lipinski definition) is 4. The lowest BCUT2D eigenvalue weighted by Crippen LogP contribution is -2.27. The Balaban J connectivity index is 1.72. The zero-order chi connectivity index (χ0) is 16.7. The highest BCUT2D eigenvalue weighted by atomic mass is 35.5. The van der Waals surface area contributed by atoms with Crippen LogP contribution in [0.25, 0.3) is 11.3 Å². The smallest absolute Gasteiger partial charge is 0.280 e. The topological polar surface area (TPSA) is 55.6 Å². The Morgan fingerprint density at radius 1 is 1.21 bits per heavy atom. The number of rotatable bonds is 2. The molecule has 3 aromatic rings. The molecule has 0 fully saturated rings. The molecule has 24 heavy (non-hydrogen) atoms. The SMILES string of the molecule is CN(C(=O)c1noc2c1COc1ccccc1-2)c1cccc(Cl)c1. The average molecular weight is 341 g/mol. The summed E-state index contributed by atoms with van der Waals surface area (Å²) < 4.78 is 11.2. The van der Waals surface area contributed by atoms with Crippen LogP contribution in [0.2, 0.25) is 5.02 Å². The molecule has 0 bridgehead atoms. The van der Waals surface area contributed by atoms with E-state index in [4.69, 9.17) is 20.9 Å². The molecule has 6 heteroatoms. The maximum atomic E-state index is 12.8. The molecule has 1 aliphatic heterocycles. The molecule has 4 rings (SSSR count). The van der Waals surface area contributed by atoms with Crippen molar-refractivity contribution < 1.29 is 14.1 Å². The number of anilines is 1. The van der Waals surface area contributed by atoms with Gasteiger partial charge in [-0.2, -0.15) is 0 Å². The van der Waals surface area contributed by atoms with Crippen LogP contribution in [0.5, 0.6) is 5.75 Å². The normalized spacial score (nSPS) is 12.1. The van der Waals surface area contributed by atoms with Gasteiger partial charge in [0.15, 0.2) is 11.5 Å². The minimum Gasteiger partial charge on any atom is -0.488 e. The van der Waals surface area contributed by atoms with Crippen LogP contribution in [0, 0.1) is 0 Å². The van der Waals surface area contributed by atoms with Crippen molar-refractivity contribution in [3.63, 3.8) is 0 Å². The maximum absolute atomic E-state index is 12.8. The summed E-state index contributed by atoms with van der Waals surface area (Å²) in [5, 5.41) is 4.55. The minimum absolute atomic E-state index is 0.250. The highest BCUT2D eigenvalue weighted by Gasteiger charge is 2.30. The number of hydrogen-bond donors (Lipinski definition) is 0. The van der Waals surface area contributed by atoms with Crippen molar-refractivity contribution in [2.45, 2.75) is 6.61 Å². The molecule has 0 N–H and O–H groups in total. The van der Waals surface area contributed by atoms with Crippen molar-refractivity contribution in [3.05, 3.63) is 64.8 Å². The molecule has 5 nitrogen and oxygen atoms in total. The lowest BCUT2D eigenvalue weighted by atomic mass is 10.0. The van der Waals surface area contributed by atoms with Gasteiger partial charge >= 0.3 is 0 Å². The number of para-hydroxylation sites is 1. The highest BCUT2D eigenvalue weighted by molar-refractivity contribution is 6.31. The Hall–Kier alpha value is -2.79. The van der Waals surface area contributed by atoms with Crippen LogP contribution in [0.15, 0.2) is 53.1 Å². The van der Waals surface area contributed by atoms with E-state index in [9.17, 15) is 4.79 Å². The van der Waals surface area contributed by atoms with Crippen molar-refractivity contribution in [2.24, 2.45) is 0 Å². The van der Waals surface area contributed by atoms with E-state index in [-0.39, 0.29) is 18.2 Å². The molecular formula is C18H13ClN2O3. The predicted molar refractivity (Wildman–Crippen MR) is 90.5 cm³/mol. The first kappa shape index (κ1) is 14.8. The molecule has 1 aromatic heterocycles. The summed E-state index contributed by atoms with van der Waals surface area (Å²) in [4.78, 5) is 14.3. The number of carbonyl (C=O) groups is 1. The van der Waals surface area contributed by atoms with Crippen LogP contribution in [0.3, 0.4) is 0 Å². The van der Waals surface area contributed by atoms with Crippen LogP contribution in [0.4, 0.5) is 5.69 Å². The zero-order valence-electron chi connectivity index (χ0n) is 12.8. The molecule has 0 saturated heterocycles. The second-order valence-electron chi connectivity index (χ2n) is 5.47. The second-order valence-corrected chi connectivity index (χ2v) is 5.90. The predicted octanol–water partition coefficient (Wildman–Crippen LogP) is 4.16. The number of amides is 1. The Morgan fingerprint density at radius 3 is 2.88 bits per heavy atom. The lowest BCUT2D eigenvalue weighted by molar-refractivity contribution is 0.0982. The van der Waals surface area contributed by atoms with Crippen LogP contribution < -0.4 is 9.64 Å². The highest BCUT2D eigenvalue weighted by Crippen LogP contribution is 2.38. The summed E-state index contributed by atoms with van der Waals surface area (Å²) in [7, 11) is 1.67. The monoisotopic (exact) mass is 340 g/mol. The van der Waals surface area contributed by atoms with Gasteiger partial charge in [0, 0.05) is 17.8 Å². The summed E-state index contributed by atoms with van der Waals surface area (Å²) in [6.07, 6.45) is 0. The number of halogens is 1. The van der Waals surface area contributed by atoms with E-state index < -0.39 is 0 Å². The summed E-state index contributed by atoms with van der Waals surface area (Å²) in [6.45, 7) is 0.250. The summed E-state index contributed by atoms with van der Waals surface area (Å²) in [5.41, 5.74) is 2.40. The van der Waals surface area contributed by atoms with E-state index >= 15 is 0 Å². The van der Waals surface area contributed by atoms with Gasteiger partial charge in [-0.15, -0.1) is 0 Å². The Bertz CT molecular complexity index is 936. The van der Waals surface area contributed by atoms with Gasteiger partial charge < -0.3 is 14.2 Å². The van der Waals surface area contributed by atoms with Crippen molar-refractivity contribution in [3.8, 4) is 17.1 Å². The average Bonchev–Trinajstić information content (AvgIpc) is 3.05. The summed E-state index contributed by atoms with van der Waals surface area (Å²) in [5.74, 6) is 1.04. The molecule has 1 amide bonds. The van der Waals surface area contributed by atoms with E-state index in [1.165, 1.54) is 4.90 Å². The van der Waals surface area contributed by atoms with Crippen molar-refractivity contribution in [1.29, 1.82) is 0 Å². The van der Waals surface area contributed by atoms with Crippen molar-refractivity contribution in [1.82, 2.24) is 5.16 Å². The van der Waals surface area contributed by atoms with Gasteiger partial charge in [0.25, 0.3) is 5.91 Å². The fraction of sp³-hybridized carbons (Fsp3) is 0.111. The first-order chi connectivity index (χ1) is 11.6. The third-order valence-corrected chi connectivity index (χ3v) is 4.23. The molecule has 0 unspecified atom stereocenters. The largest absolute Gasteiger partial charge is 0.488 e. The van der Waals surface area contributed by atoms with Gasteiger partial charge in [0.05, 0.1) is 11.1 Å². The number of carbonyl (C=O) groups excluding carboxylic acids is 1. The van der Waals surface area contributed by atoms with Crippen molar-refractivity contribution in [2.75, 3.05) is 11.9 Å². The number of nitrogens with zero attached hydrogens (tertiary/aromatic N) is 2. The van der Waals surface area contributed by atoms with E-state index in [0.717, 1.165) is 11.3 Å². The van der Waals surface area contributed by atoms with E-state index in [1.807, 2.05) is 30.3 Å². The lowest BCUT2D eigenvalue weighted by Gasteiger charge is -2.19. The third-order valence-electron chi connectivity index (χ3n) is 3.99. The van der Waals surface area contributed by atoms with Crippen LogP contribution in [0.1, 0.15) is 16.1 Å². The molecule has 0 spiro atoms. The molecule has 0 radical (unpaired) electrons. The third kappa shape index (κ3) is 2.34. The van der Waals surface area contributed by atoms with Gasteiger partial charge in [-0.1, -0.05) is 35.0 Å². The van der Waals surface area contributed by atoms with Crippen LogP contribution in [-0.4, -0.2) is 18.1 Å². The van der Waals surface area contributed by atoms with Gasteiger partial charge in [0.1, 0.15) is 12.4 Å². The molecule has 0 saturated carbocycles. The molecule has 2 heterocycles. The van der Waals surface area contributed by atoms with Gasteiger partial charge in [0.2, 0.25) is 0 Å². The van der Waals surface area contributed by atoms with Gasteiger partial charge in [-0.05, 0) is 30.3 Å². The van der Waals surface area contributed by atoms with Crippen LogP contribution >= 0.6 is 11.6 Å². The first-order valence-electron chi connectivity index (χ1n) is 7.39. The second kappa shape index (κ2) is 5.69. The number of ether oxygens (including phenoxy) is 1. The fourth-order valence-electron chi connectivity index (χ4n) is 2.71. The molecule has 2 aromatic carbocycles. The first-order valence-corrected chi connectivity index (χ1v) is 7.77. The van der Waals surface area contributed by atoms with E-state index in [0.29, 0.717) is 22.0 Å². The number of benzene rings is 2. The Morgan fingerprint density at radius 2 is 2.04 bits per heavy atom. The molecule has 0 aliphatic carbocycles.